The topological polar surface area (TPSA) is 74.7 Å². The van der Waals surface area contributed by atoms with E-state index in [0.717, 1.165) is 16.7 Å². The zero-order valence-electron chi connectivity index (χ0n) is 13.1. The molecule has 0 atom stereocenters. The van der Waals surface area contributed by atoms with Crippen LogP contribution in [0.4, 0.5) is 0 Å². The maximum Gasteiger partial charge on any atom is 0.335 e. The summed E-state index contributed by atoms with van der Waals surface area (Å²) in [5, 5.41) is 8.91. The van der Waals surface area contributed by atoms with Crippen LogP contribution in [0.1, 0.15) is 21.5 Å². The summed E-state index contributed by atoms with van der Waals surface area (Å²) in [5.74, 6) is -1.08. The van der Waals surface area contributed by atoms with Crippen LogP contribution >= 0.6 is 0 Å². The first-order chi connectivity index (χ1) is 11.4. The normalized spacial score (nSPS) is 15.3. The number of rotatable bonds is 4. The summed E-state index contributed by atoms with van der Waals surface area (Å²) < 4.78 is 26.8. The Bertz CT molecular complexity index is 914. The van der Waals surface area contributed by atoms with E-state index in [4.69, 9.17) is 5.11 Å². The Morgan fingerprint density at radius 2 is 1.75 bits per heavy atom. The lowest BCUT2D eigenvalue weighted by Crippen LogP contribution is -2.29. The maximum atomic E-state index is 12.7. The predicted molar refractivity (Wildman–Crippen MR) is 91.3 cm³/mol. The van der Waals surface area contributed by atoms with E-state index in [2.05, 4.69) is 0 Å². The number of benzene rings is 2. The molecule has 0 amide bonds. The van der Waals surface area contributed by atoms with E-state index in [0.29, 0.717) is 13.1 Å². The molecule has 0 unspecified atom stereocenters. The van der Waals surface area contributed by atoms with Gasteiger partial charge in [-0.3, -0.25) is 0 Å². The predicted octanol–water partition coefficient (Wildman–Crippen LogP) is 2.78. The average Bonchev–Trinajstić information content (AvgIpc) is 3.06. The van der Waals surface area contributed by atoms with Crippen molar-refractivity contribution in [3.8, 4) is 0 Å². The number of aryl methyl sites for hydroxylation is 1. The molecule has 5 nitrogen and oxygen atoms in total. The van der Waals surface area contributed by atoms with Crippen molar-refractivity contribution in [3.05, 3.63) is 71.3 Å². The Balaban J connectivity index is 1.83. The van der Waals surface area contributed by atoms with Gasteiger partial charge in [-0.05, 0) is 47.9 Å². The second kappa shape index (κ2) is 6.22. The van der Waals surface area contributed by atoms with Crippen molar-refractivity contribution >= 4 is 21.6 Å². The van der Waals surface area contributed by atoms with E-state index >= 15 is 0 Å². The van der Waals surface area contributed by atoms with Gasteiger partial charge in [0.25, 0.3) is 0 Å². The third-order valence-corrected chi connectivity index (χ3v) is 5.94. The van der Waals surface area contributed by atoms with Crippen LogP contribution in [0.15, 0.2) is 59.5 Å². The molecule has 0 radical (unpaired) electrons. The van der Waals surface area contributed by atoms with E-state index < -0.39 is 16.0 Å². The van der Waals surface area contributed by atoms with Crippen molar-refractivity contribution in [2.75, 3.05) is 13.1 Å². The molecule has 0 bridgehead atoms. The van der Waals surface area contributed by atoms with Gasteiger partial charge in [0.15, 0.2) is 0 Å². The van der Waals surface area contributed by atoms with Gasteiger partial charge in [0.05, 0.1) is 10.5 Å². The van der Waals surface area contributed by atoms with E-state index in [9.17, 15) is 13.2 Å². The van der Waals surface area contributed by atoms with E-state index in [1.807, 2.05) is 37.3 Å². The van der Waals surface area contributed by atoms with Crippen LogP contribution in [-0.2, 0) is 10.0 Å². The van der Waals surface area contributed by atoms with Crippen LogP contribution in [0.5, 0.6) is 0 Å². The maximum absolute atomic E-state index is 12.7. The van der Waals surface area contributed by atoms with Crippen molar-refractivity contribution in [2.45, 2.75) is 11.8 Å². The van der Waals surface area contributed by atoms with Crippen molar-refractivity contribution in [2.24, 2.45) is 0 Å². The van der Waals surface area contributed by atoms with Crippen LogP contribution in [0.25, 0.3) is 5.57 Å². The molecule has 0 saturated heterocycles. The number of carbonyl (C=O) groups is 1. The smallest absolute Gasteiger partial charge is 0.335 e. The summed E-state index contributed by atoms with van der Waals surface area (Å²) in [6, 6.07) is 13.2. The zero-order chi connectivity index (χ0) is 17.3. The first-order valence-corrected chi connectivity index (χ1v) is 8.92. The molecule has 2 aromatic carbocycles. The molecular weight excluding hydrogens is 326 g/mol. The number of hydrogen-bond donors (Lipinski definition) is 1. The lowest BCUT2D eigenvalue weighted by molar-refractivity contribution is 0.0696. The molecule has 0 fully saturated rings. The summed E-state index contributed by atoms with van der Waals surface area (Å²) in [7, 11) is -3.65. The van der Waals surface area contributed by atoms with Gasteiger partial charge in [-0.15, -0.1) is 0 Å². The fraction of sp³-hybridized carbons (Fsp3) is 0.167. The number of hydrogen-bond acceptors (Lipinski definition) is 3. The van der Waals surface area contributed by atoms with Gasteiger partial charge >= 0.3 is 5.97 Å². The Morgan fingerprint density at radius 1 is 1.08 bits per heavy atom. The van der Waals surface area contributed by atoms with Crippen molar-refractivity contribution in [3.63, 3.8) is 0 Å². The minimum atomic E-state index is -3.65. The molecular formula is C18H17NO4S. The Kier molecular flexibility index (Phi) is 4.26. The molecule has 1 aliphatic heterocycles. The number of nitrogens with zero attached hydrogens (tertiary/aromatic N) is 1. The molecule has 1 N–H and O–H groups in total. The molecule has 0 aromatic heterocycles. The third-order valence-electron chi connectivity index (χ3n) is 4.12. The molecule has 2 aromatic rings. The number of sulfonamides is 1. The number of carboxylic acid groups (broad SMARTS) is 1. The van der Waals surface area contributed by atoms with Crippen LogP contribution in [0.2, 0.25) is 0 Å². The highest BCUT2D eigenvalue weighted by molar-refractivity contribution is 7.89. The van der Waals surface area contributed by atoms with Crippen LogP contribution in [-0.4, -0.2) is 36.9 Å². The monoisotopic (exact) mass is 343 g/mol. The molecule has 0 spiro atoms. The van der Waals surface area contributed by atoms with Gasteiger partial charge in [-0.25, -0.2) is 13.2 Å². The summed E-state index contributed by atoms with van der Waals surface area (Å²) in [6.07, 6.45) is 1.92. The largest absolute Gasteiger partial charge is 0.478 e. The van der Waals surface area contributed by atoms with E-state index in [1.165, 1.54) is 28.6 Å². The molecule has 6 heteroatoms. The highest BCUT2D eigenvalue weighted by Crippen LogP contribution is 2.28. The van der Waals surface area contributed by atoms with Gasteiger partial charge in [-0.2, -0.15) is 4.31 Å². The molecule has 1 heterocycles. The number of carboxylic acids is 1. The summed E-state index contributed by atoms with van der Waals surface area (Å²) in [5.41, 5.74) is 3.21. The molecule has 3 rings (SSSR count). The fourth-order valence-electron chi connectivity index (χ4n) is 2.76. The lowest BCUT2D eigenvalue weighted by atomic mass is 10.0. The third kappa shape index (κ3) is 2.98. The van der Waals surface area contributed by atoms with Gasteiger partial charge < -0.3 is 5.11 Å². The molecule has 0 saturated carbocycles. The first-order valence-electron chi connectivity index (χ1n) is 7.48. The zero-order valence-corrected chi connectivity index (χ0v) is 14.0. The van der Waals surface area contributed by atoms with E-state index in [1.54, 1.807) is 0 Å². The lowest BCUT2D eigenvalue weighted by Gasteiger charge is -2.17. The first kappa shape index (κ1) is 16.4. The number of aromatic carboxylic acids is 1. The Labute approximate surface area is 140 Å². The Morgan fingerprint density at radius 3 is 2.38 bits per heavy atom. The fourth-order valence-corrected chi connectivity index (χ4v) is 4.12. The van der Waals surface area contributed by atoms with Gasteiger partial charge in [-0.1, -0.05) is 30.3 Å². The highest BCUT2D eigenvalue weighted by atomic mass is 32.2. The van der Waals surface area contributed by atoms with Gasteiger partial charge in [0.2, 0.25) is 10.0 Å². The molecule has 24 heavy (non-hydrogen) atoms. The SMILES string of the molecule is Cc1ccccc1C1=CCN(S(=O)(=O)c2ccc(C(=O)O)cc2)C1. The van der Waals surface area contributed by atoms with Crippen molar-refractivity contribution < 1.29 is 18.3 Å². The molecule has 1 aliphatic rings. The average molecular weight is 343 g/mol. The minimum Gasteiger partial charge on any atom is -0.478 e. The quantitative estimate of drug-likeness (QED) is 0.926. The molecule has 0 aliphatic carbocycles. The van der Waals surface area contributed by atoms with Crippen LogP contribution in [0, 0.1) is 6.92 Å². The van der Waals surface area contributed by atoms with Gasteiger partial charge in [0, 0.05) is 13.1 Å². The van der Waals surface area contributed by atoms with Crippen LogP contribution in [0.3, 0.4) is 0 Å². The second-order valence-corrected chi connectivity index (χ2v) is 7.61. The van der Waals surface area contributed by atoms with Crippen molar-refractivity contribution in [1.29, 1.82) is 0 Å². The summed E-state index contributed by atoms with van der Waals surface area (Å²) in [4.78, 5) is 11.0. The molecule has 124 valence electrons. The standard InChI is InChI=1S/C18H17NO4S/c1-13-4-2-3-5-17(13)15-10-11-19(12-15)24(22,23)16-8-6-14(7-9-16)18(20)21/h2-10H,11-12H2,1H3,(H,20,21). The van der Waals surface area contributed by atoms with Crippen molar-refractivity contribution in [1.82, 2.24) is 4.31 Å². The Hall–Kier alpha value is -2.44. The van der Waals surface area contributed by atoms with E-state index in [-0.39, 0.29) is 10.5 Å². The van der Waals surface area contributed by atoms with Crippen LogP contribution < -0.4 is 0 Å². The minimum absolute atomic E-state index is 0.0640. The summed E-state index contributed by atoms with van der Waals surface area (Å²) >= 11 is 0. The summed E-state index contributed by atoms with van der Waals surface area (Å²) in [6.45, 7) is 2.62. The highest BCUT2D eigenvalue weighted by Gasteiger charge is 2.28. The van der Waals surface area contributed by atoms with Gasteiger partial charge in [0.1, 0.15) is 0 Å². The second-order valence-electron chi connectivity index (χ2n) is 5.67.